The van der Waals surface area contributed by atoms with Crippen molar-refractivity contribution < 1.29 is 9.21 Å². The molecule has 1 fully saturated rings. The molecular weight excluding hydrogens is 434 g/mol. The Morgan fingerprint density at radius 1 is 0.933 bits per heavy atom. The van der Waals surface area contributed by atoms with Crippen LogP contribution in [-0.2, 0) is 4.79 Å². The van der Waals surface area contributed by atoms with E-state index in [1.165, 1.54) is 11.8 Å². The zero-order valence-corrected chi connectivity index (χ0v) is 17.9. The van der Waals surface area contributed by atoms with E-state index < -0.39 is 0 Å². The SMILES string of the molecule is O=C1/C(=C\c2ccc(-c3ccc(Cl)cc3)o2)SC(=S)N1c1cccc2ccccc12. The smallest absolute Gasteiger partial charge is 0.270 e. The summed E-state index contributed by atoms with van der Waals surface area (Å²) in [6, 6.07) is 25.0. The van der Waals surface area contributed by atoms with E-state index in [1.54, 1.807) is 11.0 Å². The van der Waals surface area contributed by atoms with Crippen molar-refractivity contribution in [1.29, 1.82) is 0 Å². The highest BCUT2D eigenvalue weighted by Gasteiger charge is 2.34. The normalized spacial score (nSPS) is 15.5. The van der Waals surface area contributed by atoms with E-state index in [0.29, 0.717) is 25.8 Å². The van der Waals surface area contributed by atoms with E-state index >= 15 is 0 Å². The molecule has 30 heavy (non-hydrogen) atoms. The van der Waals surface area contributed by atoms with Gasteiger partial charge in [0.1, 0.15) is 11.5 Å². The molecule has 0 aliphatic carbocycles. The second kappa shape index (κ2) is 7.76. The van der Waals surface area contributed by atoms with Crippen molar-refractivity contribution in [2.45, 2.75) is 0 Å². The molecule has 4 aromatic rings. The minimum absolute atomic E-state index is 0.147. The summed E-state index contributed by atoms with van der Waals surface area (Å²) in [7, 11) is 0. The number of fused-ring (bicyclic) bond motifs is 1. The average molecular weight is 448 g/mol. The van der Waals surface area contributed by atoms with Crippen LogP contribution in [0.1, 0.15) is 5.76 Å². The number of hydrogen-bond acceptors (Lipinski definition) is 4. The van der Waals surface area contributed by atoms with Crippen LogP contribution in [0.3, 0.4) is 0 Å². The fourth-order valence-electron chi connectivity index (χ4n) is 3.41. The van der Waals surface area contributed by atoms with Crippen molar-refractivity contribution in [1.82, 2.24) is 0 Å². The predicted octanol–water partition coefficient (Wildman–Crippen LogP) is 7.16. The van der Waals surface area contributed by atoms with Gasteiger partial charge in [-0.1, -0.05) is 72.0 Å². The quantitative estimate of drug-likeness (QED) is 0.246. The minimum Gasteiger partial charge on any atom is -0.457 e. The highest BCUT2D eigenvalue weighted by atomic mass is 35.5. The molecule has 1 aliphatic rings. The zero-order valence-electron chi connectivity index (χ0n) is 15.5. The highest BCUT2D eigenvalue weighted by Crippen LogP contribution is 2.39. The zero-order chi connectivity index (χ0) is 20.7. The molecule has 1 saturated heterocycles. The van der Waals surface area contributed by atoms with Gasteiger partial charge in [0.2, 0.25) is 0 Å². The summed E-state index contributed by atoms with van der Waals surface area (Å²) in [5.41, 5.74) is 1.71. The Balaban J connectivity index is 1.47. The van der Waals surface area contributed by atoms with E-state index in [-0.39, 0.29) is 5.91 Å². The number of nitrogens with zero attached hydrogens (tertiary/aromatic N) is 1. The van der Waals surface area contributed by atoms with Crippen LogP contribution in [0, 0.1) is 0 Å². The van der Waals surface area contributed by atoms with Gasteiger partial charge >= 0.3 is 0 Å². The Bertz CT molecular complexity index is 1320. The number of carbonyl (C=O) groups excluding carboxylic acids is 1. The Morgan fingerprint density at radius 3 is 2.53 bits per heavy atom. The lowest BCUT2D eigenvalue weighted by atomic mass is 10.1. The van der Waals surface area contributed by atoms with Gasteiger partial charge in [0.15, 0.2) is 4.32 Å². The van der Waals surface area contributed by atoms with Crippen LogP contribution in [0.2, 0.25) is 5.02 Å². The summed E-state index contributed by atoms with van der Waals surface area (Å²) in [5.74, 6) is 1.16. The van der Waals surface area contributed by atoms with E-state index in [9.17, 15) is 4.79 Å². The van der Waals surface area contributed by atoms with Crippen molar-refractivity contribution in [3.8, 4) is 11.3 Å². The van der Waals surface area contributed by atoms with E-state index in [4.69, 9.17) is 28.2 Å². The molecule has 3 aromatic carbocycles. The molecular formula is C24H14ClNO2S2. The van der Waals surface area contributed by atoms with Gasteiger partial charge in [-0.2, -0.15) is 0 Å². The monoisotopic (exact) mass is 447 g/mol. The van der Waals surface area contributed by atoms with Gasteiger partial charge in [-0.25, -0.2) is 0 Å². The standard InChI is InChI=1S/C24H14ClNO2S2/c25-17-10-8-16(9-11-17)21-13-12-18(28-21)14-22-23(27)26(24(29)30-22)20-7-3-5-15-4-1-2-6-19(15)20/h1-14H/b22-14+. The topological polar surface area (TPSA) is 33.5 Å². The summed E-state index contributed by atoms with van der Waals surface area (Å²) in [4.78, 5) is 15.3. The molecule has 3 nitrogen and oxygen atoms in total. The molecule has 0 bridgehead atoms. The molecule has 0 radical (unpaired) electrons. The van der Waals surface area contributed by atoms with Gasteiger partial charge in [0, 0.05) is 22.0 Å². The van der Waals surface area contributed by atoms with Crippen molar-refractivity contribution in [3.05, 3.63) is 94.6 Å². The number of rotatable bonds is 3. The van der Waals surface area contributed by atoms with Crippen LogP contribution in [0.5, 0.6) is 0 Å². The molecule has 0 spiro atoms. The number of amides is 1. The molecule has 1 amide bonds. The maximum absolute atomic E-state index is 13.2. The summed E-state index contributed by atoms with van der Waals surface area (Å²) in [5, 5.41) is 2.72. The first-order chi connectivity index (χ1) is 14.6. The minimum atomic E-state index is -0.147. The lowest BCUT2D eigenvalue weighted by molar-refractivity contribution is -0.113. The third-order valence-electron chi connectivity index (χ3n) is 4.83. The molecule has 0 unspecified atom stereocenters. The van der Waals surface area contributed by atoms with Gasteiger partial charge < -0.3 is 4.42 Å². The number of furan rings is 1. The molecule has 1 aromatic heterocycles. The molecule has 0 saturated carbocycles. The first kappa shape index (κ1) is 19.1. The molecule has 0 atom stereocenters. The van der Waals surface area contributed by atoms with Crippen molar-refractivity contribution in [2.24, 2.45) is 0 Å². The van der Waals surface area contributed by atoms with Gasteiger partial charge in [-0.15, -0.1) is 0 Å². The molecule has 2 heterocycles. The fraction of sp³-hybridized carbons (Fsp3) is 0. The predicted molar refractivity (Wildman–Crippen MR) is 129 cm³/mol. The number of thiocarbonyl (C=S) groups is 1. The lowest BCUT2D eigenvalue weighted by Crippen LogP contribution is -2.27. The van der Waals surface area contributed by atoms with Crippen LogP contribution < -0.4 is 4.90 Å². The van der Waals surface area contributed by atoms with E-state index in [1.807, 2.05) is 78.9 Å². The second-order valence-electron chi connectivity index (χ2n) is 6.72. The molecule has 146 valence electrons. The van der Waals surface area contributed by atoms with Crippen LogP contribution in [0.25, 0.3) is 28.2 Å². The third-order valence-corrected chi connectivity index (χ3v) is 6.38. The number of anilines is 1. The number of halogens is 1. The third kappa shape index (κ3) is 3.45. The van der Waals surface area contributed by atoms with Gasteiger partial charge in [-0.3, -0.25) is 9.69 Å². The Hall–Kier alpha value is -2.86. The first-order valence-corrected chi connectivity index (χ1v) is 10.8. The number of benzene rings is 3. The van der Waals surface area contributed by atoms with Crippen LogP contribution in [0.15, 0.2) is 88.2 Å². The van der Waals surface area contributed by atoms with Crippen LogP contribution >= 0.6 is 35.6 Å². The lowest BCUT2D eigenvalue weighted by Gasteiger charge is -2.17. The number of thioether (sulfide) groups is 1. The Labute approximate surface area is 187 Å². The molecule has 1 aliphatic heterocycles. The maximum atomic E-state index is 13.2. The van der Waals surface area contributed by atoms with E-state index in [2.05, 4.69) is 0 Å². The van der Waals surface area contributed by atoms with Gasteiger partial charge in [0.05, 0.1) is 10.6 Å². The van der Waals surface area contributed by atoms with Crippen LogP contribution in [-0.4, -0.2) is 10.2 Å². The average Bonchev–Trinajstić information content (AvgIpc) is 3.33. The second-order valence-corrected chi connectivity index (χ2v) is 8.84. The van der Waals surface area contributed by atoms with E-state index in [0.717, 1.165) is 22.0 Å². The Kier molecular flexibility index (Phi) is 4.95. The first-order valence-electron chi connectivity index (χ1n) is 9.22. The van der Waals surface area contributed by atoms with Gasteiger partial charge in [0.25, 0.3) is 5.91 Å². The van der Waals surface area contributed by atoms with Crippen LogP contribution in [0.4, 0.5) is 5.69 Å². The van der Waals surface area contributed by atoms with Gasteiger partial charge in [-0.05, 0) is 47.9 Å². The Morgan fingerprint density at radius 2 is 1.70 bits per heavy atom. The molecule has 5 rings (SSSR count). The fourth-order valence-corrected chi connectivity index (χ4v) is 4.80. The number of hydrogen-bond donors (Lipinski definition) is 0. The molecule has 6 heteroatoms. The number of carbonyl (C=O) groups is 1. The van der Waals surface area contributed by atoms with Crippen molar-refractivity contribution in [2.75, 3.05) is 4.90 Å². The van der Waals surface area contributed by atoms with Crippen molar-refractivity contribution >= 4 is 68.3 Å². The summed E-state index contributed by atoms with van der Waals surface area (Å²) in [6.45, 7) is 0. The molecule has 0 N–H and O–H groups in total. The highest BCUT2D eigenvalue weighted by molar-refractivity contribution is 8.27. The summed E-state index contributed by atoms with van der Waals surface area (Å²) in [6.07, 6.45) is 1.74. The van der Waals surface area contributed by atoms with Crippen molar-refractivity contribution in [3.63, 3.8) is 0 Å². The summed E-state index contributed by atoms with van der Waals surface area (Å²) < 4.78 is 6.43. The largest absolute Gasteiger partial charge is 0.457 e. The maximum Gasteiger partial charge on any atom is 0.270 e. The summed E-state index contributed by atoms with van der Waals surface area (Å²) >= 11 is 12.8.